The largest absolute Gasteiger partial charge is 0.325 e. The summed E-state index contributed by atoms with van der Waals surface area (Å²) in [6.07, 6.45) is 32.0. The molecule has 1 amide bonds. The van der Waals surface area contributed by atoms with Crippen LogP contribution in [-0.2, 0) is 4.79 Å². The maximum absolute atomic E-state index is 12.5. The number of carbonyl (C=O) groups is 1. The number of rotatable bonds is 19. The van der Waals surface area contributed by atoms with Crippen LogP contribution < -0.4 is 5.32 Å². The van der Waals surface area contributed by atoms with Gasteiger partial charge in [-0.25, -0.2) is 0 Å². The van der Waals surface area contributed by atoms with Gasteiger partial charge in [-0.05, 0) is 56.7 Å². The smallest absolute Gasteiger partial charge is 0.292 e. The third-order valence-electron chi connectivity index (χ3n) is 7.91. The van der Waals surface area contributed by atoms with E-state index in [0.29, 0.717) is 16.7 Å². The Morgan fingerprint density at radius 3 is 1.83 bits per heavy atom. The number of unbranched alkanes of at least 4 members (excludes halogenated alkanes) is 11. The van der Waals surface area contributed by atoms with Gasteiger partial charge < -0.3 is 5.32 Å². The summed E-state index contributed by atoms with van der Waals surface area (Å²) in [6, 6.07) is 7.59. The van der Waals surface area contributed by atoms with Gasteiger partial charge in [0.1, 0.15) is 0 Å². The molecule has 4 rings (SSSR count). The Kier molecular flexibility index (Phi) is 17.8. The number of nitrogens with one attached hydrogen (secondary N) is 1. The minimum atomic E-state index is -0.379. The first-order valence-corrected chi connectivity index (χ1v) is 19.1. The summed E-state index contributed by atoms with van der Waals surface area (Å²) in [7, 11) is 0. The summed E-state index contributed by atoms with van der Waals surface area (Å²) in [5, 5.41) is 32.5. The summed E-state index contributed by atoms with van der Waals surface area (Å²) in [4.78, 5) is 24.8. The Bertz CT molecular complexity index is 1580. The van der Waals surface area contributed by atoms with Crippen molar-refractivity contribution in [2.45, 2.75) is 107 Å². The predicted molar refractivity (Wildman–Crippen MR) is 197 cm³/mol. The Hall–Kier alpha value is -3.57. The quantitative estimate of drug-likeness (QED) is 0.0339. The van der Waals surface area contributed by atoms with Crippen molar-refractivity contribution in [2.75, 3.05) is 17.8 Å². The summed E-state index contributed by atoms with van der Waals surface area (Å²) in [6.45, 7) is 2.27. The van der Waals surface area contributed by atoms with Gasteiger partial charge in [-0.3, -0.25) is 14.9 Å². The Morgan fingerprint density at radius 1 is 0.723 bits per heavy atom. The van der Waals surface area contributed by atoms with Crippen molar-refractivity contribution >= 4 is 62.4 Å². The minimum Gasteiger partial charge on any atom is -0.325 e. The molecule has 0 saturated heterocycles. The molecule has 0 radical (unpaired) electrons. The van der Waals surface area contributed by atoms with Gasteiger partial charge in [0.15, 0.2) is 0 Å². The molecule has 252 valence electrons. The van der Waals surface area contributed by atoms with Gasteiger partial charge in [0.2, 0.25) is 5.91 Å². The molecule has 0 bridgehead atoms. The summed E-state index contributed by atoms with van der Waals surface area (Å²) in [5.41, 5.74) is 0.970. The van der Waals surface area contributed by atoms with Crippen LogP contribution in [0, 0.1) is 10.1 Å². The van der Waals surface area contributed by atoms with Gasteiger partial charge >= 0.3 is 0 Å². The second kappa shape index (κ2) is 22.1. The molecule has 0 saturated carbocycles. The summed E-state index contributed by atoms with van der Waals surface area (Å²) >= 11 is 2.98. The molecule has 0 aliphatic carbocycles. The van der Waals surface area contributed by atoms with Crippen molar-refractivity contribution in [3.63, 3.8) is 0 Å². The Labute approximate surface area is 287 Å². The van der Waals surface area contributed by atoms with E-state index in [4.69, 9.17) is 0 Å². The van der Waals surface area contributed by atoms with Gasteiger partial charge in [0.25, 0.3) is 5.69 Å². The molecule has 47 heavy (non-hydrogen) atoms. The van der Waals surface area contributed by atoms with E-state index in [1.165, 1.54) is 94.8 Å². The third kappa shape index (κ3) is 12.9. The lowest BCUT2D eigenvalue weighted by molar-refractivity contribution is -0.385. The third-order valence-corrected chi connectivity index (χ3v) is 9.46. The second-order valence-corrected chi connectivity index (χ2v) is 13.1. The number of hydrogen-bond donors (Lipinski definition) is 1. The molecule has 2 aromatic carbocycles. The highest BCUT2D eigenvalue weighted by molar-refractivity contribution is 7.99. The fourth-order valence-corrected chi connectivity index (χ4v) is 6.45. The molecular weight excluding hydrogens is 629 g/mol. The zero-order chi connectivity index (χ0) is 33.7. The maximum atomic E-state index is 12.5. The molecule has 0 unspecified atom stereocenters. The van der Waals surface area contributed by atoms with Crippen LogP contribution in [0.5, 0.6) is 0 Å². The lowest BCUT2D eigenvalue weighted by Crippen LogP contribution is -2.12. The first kappa shape index (κ1) is 37.9. The molecule has 0 atom stereocenters. The van der Waals surface area contributed by atoms with E-state index in [9.17, 15) is 14.9 Å². The molecule has 0 spiro atoms. The normalized spacial score (nSPS) is 11.1. The van der Waals surface area contributed by atoms with E-state index < -0.39 is 0 Å². The number of amides is 1. The van der Waals surface area contributed by atoms with Crippen LogP contribution in [0.2, 0.25) is 0 Å². The Balaban J connectivity index is 0.000000331. The van der Waals surface area contributed by atoms with Crippen molar-refractivity contribution in [3.05, 3.63) is 71.3 Å². The molecule has 0 aliphatic heterocycles. The van der Waals surface area contributed by atoms with Crippen LogP contribution in [0.15, 0.2) is 71.0 Å². The molecule has 9 nitrogen and oxygen atoms in total. The van der Waals surface area contributed by atoms with E-state index in [1.54, 1.807) is 30.2 Å². The molecule has 2 aromatic heterocycles. The van der Waals surface area contributed by atoms with E-state index in [1.807, 2.05) is 30.7 Å². The monoisotopic (exact) mass is 676 g/mol. The molecule has 0 aliphatic rings. The maximum Gasteiger partial charge on any atom is 0.292 e. The number of anilines is 1. The fourth-order valence-electron chi connectivity index (χ4n) is 5.30. The highest BCUT2D eigenvalue weighted by Crippen LogP contribution is 2.34. The zero-order valence-corrected chi connectivity index (χ0v) is 29.6. The number of nitro groups is 1. The van der Waals surface area contributed by atoms with Crippen LogP contribution in [-0.4, -0.2) is 43.7 Å². The SMILES string of the molecule is CCCCCCCCC=CCCCCCCCC(=O)Nc1c(SC)ccc2cnncc12.CSc1ccc2cnncc2c1[N+](=O)[O-]. The number of benzene rings is 2. The first-order chi connectivity index (χ1) is 23.0. The summed E-state index contributed by atoms with van der Waals surface area (Å²) in [5.74, 6) is 0.0854. The van der Waals surface area contributed by atoms with E-state index in [0.717, 1.165) is 39.6 Å². The highest BCUT2D eigenvalue weighted by Gasteiger charge is 2.18. The first-order valence-electron chi connectivity index (χ1n) is 16.6. The standard InChI is InChI=1S/C27H41N3OS.C9H7N3O2S/c1-3-4-5-6-7-8-9-10-11-12-13-14-15-16-17-18-26(31)30-27-24-22-29-28-21-23(24)19-20-25(27)32-2;1-15-8-3-2-6-4-10-11-5-7(6)9(8)12(13)14/h10-11,19-22H,3-9,12-18H2,1-2H3,(H,30,31);2-5H,1H3. The van der Waals surface area contributed by atoms with E-state index in [2.05, 4.69) is 44.8 Å². The van der Waals surface area contributed by atoms with Crippen LogP contribution in [0.25, 0.3) is 21.5 Å². The minimum absolute atomic E-state index is 0.0854. The lowest BCUT2D eigenvalue weighted by atomic mass is 10.1. The van der Waals surface area contributed by atoms with E-state index >= 15 is 0 Å². The molecule has 0 fully saturated rings. The molecule has 11 heteroatoms. The van der Waals surface area contributed by atoms with Gasteiger partial charge in [-0.15, -0.1) is 23.5 Å². The summed E-state index contributed by atoms with van der Waals surface area (Å²) < 4.78 is 0. The van der Waals surface area contributed by atoms with Gasteiger partial charge in [0.05, 0.1) is 45.7 Å². The molecule has 2 heterocycles. The number of aromatic nitrogens is 4. The van der Waals surface area contributed by atoms with Crippen molar-refractivity contribution in [1.29, 1.82) is 0 Å². The average Bonchev–Trinajstić information content (AvgIpc) is 3.09. The lowest BCUT2D eigenvalue weighted by Gasteiger charge is -2.12. The molecule has 1 N–H and O–H groups in total. The number of fused-ring (bicyclic) bond motifs is 2. The fraction of sp³-hybridized carbons (Fsp3) is 0.472. The molecule has 4 aromatic rings. The number of nitrogens with zero attached hydrogens (tertiary/aromatic N) is 5. The van der Waals surface area contributed by atoms with Crippen LogP contribution >= 0.6 is 23.5 Å². The van der Waals surface area contributed by atoms with Crippen LogP contribution in [0.4, 0.5) is 11.4 Å². The van der Waals surface area contributed by atoms with Crippen molar-refractivity contribution in [3.8, 4) is 0 Å². The number of nitro benzene ring substituents is 1. The van der Waals surface area contributed by atoms with Crippen molar-refractivity contribution in [2.24, 2.45) is 0 Å². The topological polar surface area (TPSA) is 124 Å². The van der Waals surface area contributed by atoms with Gasteiger partial charge in [0, 0.05) is 27.5 Å². The number of allylic oxidation sites excluding steroid dienone is 2. The zero-order valence-electron chi connectivity index (χ0n) is 28.0. The number of hydrogen-bond acceptors (Lipinski definition) is 9. The predicted octanol–water partition coefficient (Wildman–Crippen LogP) is 10.6. The Morgan fingerprint density at radius 2 is 1.23 bits per heavy atom. The second-order valence-electron chi connectivity index (χ2n) is 11.4. The molecular formula is C36H48N6O3S2. The van der Waals surface area contributed by atoms with Crippen molar-refractivity contribution in [1.82, 2.24) is 20.4 Å². The van der Waals surface area contributed by atoms with E-state index in [-0.39, 0.29) is 16.5 Å². The van der Waals surface area contributed by atoms with Gasteiger partial charge in [-0.1, -0.05) is 82.6 Å². The number of carbonyl (C=O) groups excluding carboxylic acids is 1. The van der Waals surface area contributed by atoms with Crippen LogP contribution in [0.3, 0.4) is 0 Å². The average molecular weight is 677 g/mol. The van der Waals surface area contributed by atoms with Crippen molar-refractivity contribution < 1.29 is 9.72 Å². The highest BCUT2D eigenvalue weighted by atomic mass is 32.2. The van der Waals surface area contributed by atoms with Gasteiger partial charge in [-0.2, -0.15) is 20.4 Å². The number of thioether (sulfide) groups is 2. The van der Waals surface area contributed by atoms with Crippen LogP contribution in [0.1, 0.15) is 96.8 Å².